The Labute approximate surface area is 192 Å². The molecular weight excluding hydrogens is 459 g/mol. The van der Waals surface area contributed by atoms with Crippen LogP contribution in [0.15, 0.2) is 52.5 Å². The van der Waals surface area contributed by atoms with E-state index in [0.29, 0.717) is 47.5 Å². The molecule has 0 atom stereocenters. The summed E-state index contributed by atoms with van der Waals surface area (Å²) in [6.07, 6.45) is 0. The number of aryl methyl sites for hydroxylation is 1. The van der Waals surface area contributed by atoms with Gasteiger partial charge >= 0.3 is 0 Å². The van der Waals surface area contributed by atoms with Crippen molar-refractivity contribution in [2.75, 3.05) is 32.7 Å². The maximum atomic E-state index is 12.8. The summed E-state index contributed by atoms with van der Waals surface area (Å²) in [5.74, 6) is -0.278. The van der Waals surface area contributed by atoms with E-state index in [9.17, 15) is 13.2 Å². The normalized spacial score (nSPS) is 16.3. The maximum Gasteiger partial charge on any atom is 0.254 e. The van der Waals surface area contributed by atoms with Crippen molar-refractivity contribution in [3.05, 3.63) is 63.6 Å². The van der Waals surface area contributed by atoms with Gasteiger partial charge < -0.3 is 0 Å². The number of hydrazone groups is 1. The van der Waals surface area contributed by atoms with Crippen molar-refractivity contribution < 1.29 is 13.2 Å². The highest BCUT2D eigenvalue weighted by Crippen LogP contribution is 2.21. The number of nitrogens with one attached hydrogen (secondary N) is 1. The van der Waals surface area contributed by atoms with Gasteiger partial charge in [-0.2, -0.15) is 9.41 Å². The molecule has 0 saturated carbocycles. The molecule has 10 heteroatoms. The molecule has 0 spiro atoms. The molecule has 0 unspecified atom stereocenters. The molecule has 0 aliphatic carbocycles. The van der Waals surface area contributed by atoms with E-state index in [4.69, 9.17) is 23.2 Å². The third-order valence-corrected chi connectivity index (χ3v) is 7.49. The van der Waals surface area contributed by atoms with Crippen LogP contribution in [0.4, 0.5) is 0 Å². The summed E-state index contributed by atoms with van der Waals surface area (Å²) in [7, 11) is -3.53. The number of halogens is 2. The summed E-state index contributed by atoms with van der Waals surface area (Å²) in [6, 6.07) is 11.9. The van der Waals surface area contributed by atoms with E-state index in [0.717, 1.165) is 5.56 Å². The first-order chi connectivity index (χ1) is 14.7. The Balaban J connectivity index is 1.52. The van der Waals surface area contributed by atoms with Gasteiger partial charge in [0.15, 0.2) is 0 Å². The first kappa shape index (κ1) is 23.7. The maximum absolute atomic E-state index is 12.8. The highest BCUT2D eigenvalue weighted by molar-refractivity contribution is 7.89. The average molecular weight is 483 g/mol. The van der Waals surface area contributed by atoms with Crippen molar-refractivity contribution in [3.8, 4) is 0 Å². The Kier molecular flexibility index (Phi) is 7.72. The largest absolute Gasteiger partial charge is 0.292 e. The first-order valence-corrected chi connectivity index (χ1v) is 11.9. The predicted octanol–water partition coefficient (Wildman–Crippen LogP) is 3.15. The van der Waals surface area contributed by atoms with E-state index in [1.807, 2.05) is 11.8 Å². The van der Waals surface area contributed by atoms with Gasteiger partial charge in [-0.15, -0.1) is 0 Å². The van der Waals surface area contributed by atoms with Crippen LogP contribution in [0.2, 0.25) is 10.0 Å². The van der Waals surface area contributed by atoms with E-state index >= 15 is 0 Å². The summed E-state index contributed by atoms with van der Waals surface area (Å²) in [5.41, 5.74) is 4.77. The second kappa shape index (κ2) is 10.1. The molecule has 1 heterocycles. The van der Waals surface area contributed by atoms with E-state index < -0.39 is 10.0 Å². The lowest BCUT2D eigenvalue weighted by Gasteiger charge is -2.33. The second-order valence-electron chi connectivity index (χ2n) is 7.35. The van der Waals surface area contributed by atoms with Gasteiger partial charge in [-0.25, -0.2) is 13.8 Å². The number of sulfonamides is 1. The van der Waals surface area contributed by atoms with Crippen molar-refractivity contribution in [2.45, 2.75) is 18.7 Å². The number of rotatable bonds is 6. The van der Waals surface area contributed by atoms with Crippen molar-refractivity contribution in [1.82, 2.24) is 14.6 Å². The highest BCUT2D eigenvalue weighted by Gasteiger charge is 2.28. The fourth-order valence-corrected chi connectivity index (χ4v) is 5.18. The number of hydrogen-bond acceptors (Lipinski definition) is 5. The van der Waals surface area contributed by atoms with Crippen LogP contribution in [0, 0.1) is 6.92 Å². The number of carbonyl (C=O) groups excluding carboxylic acids is 1. The summed E-state index contributed by atoms with van der Waals surface area (Å²) in [4.78, 5) is 14.5. The Morgan fingerprint density at radius 1 is 1.06 bits per heavy atom. The molecule has 31 heavy (non-hydrogen) atoms. The number of carbonyl (C=O) groups is 1. The smallest absolute Gasteiger partial charge is 0.254 e. The lowest BCUT2D eigenvalue weighted by Crippen LogP contribution is -2.50. The van der Waals surface area contributed by atoms with E-state index in [2.05, 4.69) is 10.5 Å². The summed E-state index contributed by atoms with van der Waals surface area (Å²) in [5, 5.41) is 5.08. The lowest BCUT2D eigenvalue weighted by atomic mass is 10.1. The zero-order chi connectivity index (χ0) is 22.6. The molecule has 3 rings (SSSR count). The molecule has 0 bridgehead atoms. The summed E-state index contributed by atoms with van der Waals surface area (Å²) >= 11 is 12.1. The van der Waals surface area contributed by atoms with Crippen LogP contribution in [0.5, 0.6) is 0 Å². The predicted molar refractivity (Wildman–Crippen MR) is 123 cm³/mol. The number of nitrogens with zero attached hydrogens (tertiary/aromatic N) is 3. The molecule has 166 valence electrons. The first-order valence-electron chi connectivity index (χ1n) is 9.74. The van der Waals surface area contributed by atoms with Crippen molar-refractivity contribution in [1.29, 1.82) is 0 Å². The van der Waals surface area contributed by atoms with Crippen LogP contribution in [-0.4, -0.2) is 62.0 Å². The van der Waals surface area contributed by atoms with Gasteiger partial charge in [0.2, 0.25) is 10.0 Å². The molecule has 2 aromatic rings. The second-order valence-corrected chi connectivity index (χ2v) is 10.1. The third kappa shape index (κ3) is 6.05. The molecule has 1 saturated heterocycles. The Hall–Kier alpha value is -1.97. The molecule has 2 aromatic carbocycles. The minimum Gasteiger partial charge on any atom is -0.292 e. The fraction of sp³-hybridized carbons (Fsp3) is 0.333. The number of amides is 1. The molecule has 0 radical (unpaired) electrons. The Bertz CT molecular complexity index is 1080. The number of benzene rings is 2. The minimum absolute atomic E-state index is 0.129. The summed E-state index contributed by atoms with van der Waals surface area (Å²) in [6.45, 7) is 5.36. The zero-order valence-corrected chi connectivity index (χ0v) is 19.6. The SMILES string of the molecule is C/C(=N\NC(=O)CN1CCN(S(=O)(=O)c2ccc(C)cc2)CC1)c1ccc(Cl)cc1Cl. The van der Waals surface area contributed by atoms with Gasteiger partial charge in [-0.3, -0.25) is 9.69 Å². The minimum atomic E-state index is -3.53. The fourth-order valence-electron chi connectivity index (χ4n) is 3.22. The van der Waals surface area contributed by atoms with E-state index in [-0.39, 0.29) is 17.3 Å². The van der Waals surface area contributed by atoms with Crippen molar-refractivity contribution in [2.24, 2.45) is 5.10 Å². The van der Waals surface area contributed by atoms with Crippen LogP contribution < -0.4 is 5.43 Å². The van der Waals surface area contributed by atoms with Gasteiger partial charge in [-0.05, 0) is 38.1 Å². The van der Waals surface area contributed by atoms with Gasteiger partial charge in [0.1, 0.15) is 0 Å². The van der Waals surface area contributed by atoms with Gasteiger partial charge in [0.05, 0.1) is 22.2 Å². The molecule has 1 aliphatic rings. The molecule has 1 aliphatic heterocycles. The molecule has 0 aromatic heterocycles. The molecule has 1 N–H and O–H groups in total. The quantitative estimate of drug-likeness (QED) is 0.506. The monoisotopic (exact) mass is 482 g/mol. The lowest BCUT2D eigenvalue weighted by molar-refractivity contribution is -0.122. The van der Waals surface area contributed by atoms with E-state index in [1.54, 1.807) is 49.4 Å². The number of piperazine rings is 1. The Morgan fingerprint density at radius 3 is 2.32 bits per heavy atom. The molecule has 1 fully saturated rings. The van der Waals surface area contributed by atoms with Crippen LogP contribution in [0.3, 0.4) is 0 Å². The van der Waals surface area contributed by atoms with Crippen LogP contribution in [-0.2, 0) is 14.8 Å². The van der Waals surface area contributed by atoms with Crippen LogP contribution >= 0.6 is 23.2 Å². The number of hydrogen-bond donors (Lipinski definition) is 1. The third-order valence-electron chi connectivity index (χ3n) is 5.03. The zero-order valence-electron chi connectivity index (χ0n) is 17.3. The van der Waals surface area contributed by atoms with Crippen molar-refractivity contribution >= 4 is 44.8 Å². The standard InChI is InChI=1S/C21H24Cl2N4O3S/c1-15-3-6-18(7-4-15)31(29,30)27-11-9-26(10-12-27)14-21(28)25-24-16(2)19-8-5-17(22)13-20(19)23/h3-8,13H,9-12,14H2,1-2H3,(H,25,28)/b24-16+. The summed E-state index contributed by atoms with van der Waals surface area (Å²) < 4.78 is 27.0. The average Bonchev–Trinajstić information content (AvgIpc) is 2.73. The van der Waals surface area contributed by atoms with Crippen LogP contribution in [0.1, 0.15) is 18.1 Å². The molecule has 7 nitrogen and oxygen atoms in total. The van der Waals surface area contributed by atoms with E-state index in [1.165, 1.54) is 4.31 Å². The van der Waals surface area contributed by atoms with Crippen LogP contribution in [0.25, 0.3) is 0 Å². The topological polar surface area (TPSA) is 82.1 Å². The molecule has 1 amide bonds. The van der Waals surface area contributed by atoms with Gasteiger partial charge in [0.25, 0.3) is 5.91 Å². The highest BCUT2D eigenvalue weighted by atomic mass is 35.5. The molecular formula is C21H24Cl2N4O3S. The Morgan fingerprint density at radius 2 is 1.71 bits per heavy atom. The van der Waals surface area contributed by atoms with Gasteiger partial charge in [0, 0.05) is 36.8 Å². The van der Waals surface area contributed by atoms with Gasteiger partial charge in [-0.1, -0.05) is 47.0 Å². The van der Waals surface area contributed by atoms with Crippen molar-refractivity contribution in [3.63, 3.8) is 0 Å².